The molecular weight excluding hydrogens is 473 g/mol. The molecule has 4 rings (SSSR count). The quantitative estimate of drug-likeness (QED) is 0.298. The molecule has 0 fully saturated rings. The molecule has 0 unspecified atom stereocenters. The first kappa shape index (κ1) is 24.5. The van der Waals surface area contributed by atoms with Gasteiger partial charge in [-0.15, -0.1) is 0 Å². The predicted octanol–water partition coefficient (Wildman–Crippen LogP) is 6.12. The number of aromatic nitrogens is 3. The number of hydrogen-bond donors (Lipinski definition) is 1. The fraction of sp³-hybridized carbons (Fsp3) is 0.231. The van der Waals surface area contributed by atoms with Crippen molar-refractivity contribution in [3.63, 3.8) is 0 Å². The number of aryl methyl sites for hydroxylation is 1. The third kappa shape index (κ3) is 5.55. The Labute approximate surface area is 206 Å². The van der Waals surface area contributed by atoms with Crippen molar-refractivity contribution >= 4 is 17.6 Å². The number of rotatable bonds is 9. The van der Waals surface area contributed by atoms with E-state index in [4.69, 9.17) is 26.0 Å². The minimum atomic E-state index is -0.857. The van der Waals surface area contributed by atoms with Crippen molar-refractivity contribution in [3.05, 3.63) is 76.3 Å². The summed E-state index contributed by atoms with van der Waals surface area (Å²) in [6.07, 6.45) is 2.55. The van der Waals surface area contributed by atoms with Gasteiger partial charge in [0.25, 0.3) is 5.89 Å². The zero-order chi connectivity index (χ0) is 24.9. The highest BCUT2D eigenvalue weighted by Gasteiger charge is 2.16. The smallest absolute Gasteiger partial charge is 0.303 e. The average molecular weight is 496 g/mol. The summed E-state index contributed by atoms with van der Waals surface area (Å²) >= 11 is 6.34. The number of carboxylic acids is 1. The maximum Gasteiger partial charge on any atom is 0.303 e. The Morgan fingerprint density at radius 2 is 2.00 bits per heavy atom. The summed E-state index contributed by atoms with van der Waals surface area (Å²) in [5.41, 5.74) is 4.96. The lowest BCUT2D eigenvalue weighted by molar-refractivity contribution is -0.137. The molecule has 7 nitrogen and oxygen atoms in total. The summed E-state index contributed by atoms with van der Waals surface area (Å²) in [5, 5.41) is 13.3. The maximum absolute atomic E-state index is 14.1. The van der Waals surface area contributed by atoms with Crippen molar-refractivity contribution in [2.45, 2.75) is 32.8 Å². The van der Waals surface area contributed by atoms with Crippen LogP contribution in [-0.2, 0) is 22.6 Å². The molecule has 9 heteroatoms. The lowest BCUT2D eigenvalue weighted by Gasteiger charge is -2.13. The van der Waals surface area contributed by atoms with Crippen molar-refractivity contribution in [1.82, 2.24) is 15.1 Å². The van der Waals surface area contributed by atoms with Crippen molar-refractivity contribution in [2.75, 3.05) is 7.11 Å². The first-order chi connectivity index (χ1) is 16.9. The van der Waals surface area contributed by atoms with Gasteiger partial charge in [0.05, 0.1) is 17.3 Å². The van der Waals surface area contributed by atoms with E-state index >= 15 is 0 Å². The van der Waals surface area contributed by atoms with E-state index in [1.165, 1.54) is 6.07 Å². The third-order valence-electron chi connectivity index (χ3n) is 5.62. The number of carbonyl (C=O) groups is 1. The first-order valence-electron chi connectivity index (χ1n) is 11.0. The second-order valence-electron chi connectivity index (χ2n) is 8.04. The molecule has 0 atom stereocenters. The molecule has 0 saturated carbocycles. The van der Waals surface area contributed by atoms with Crippen LogP contribution in [0.4, 0.5) is 4.39 Å². The van der Waals surface area contributed by atoms with Gasteiger partial charge in [0, 0.05) is 30.9 Å². The Kier molecular flexibility index (Phi) is 7.53. The molecule has 0 saturated heterocycles. The number of pyridine rings is 1. The van der Waals surface area contributed by atoms with Crippen LogP contribution < -0.4 is 0 Å². The van der Waals surface area contributed by atoms with E-state index in [1.54, 1.807) is 32.4 Å². The number of nitrogens with zero attached hydrogens (tertiary/aromatic N) is 3. The normalized spacial score (nSPS) is 11.1. The molecule has 2 aromatic carbocycles. The minimum Gasteiger partial charge on any atom is -0.481 e. The molecule has 0 aliphatic carbocycles. The highest BCUT2D eigenvalue weighted by molar-refractivity contribution is 6.31. The number of aliphatic carboxylic acids is 1. The second-order valence-corrected chi connectivity index (χ2v) is 8.45. The van der Waals surface area contributed by atoms with Gasteiger partial charge in [-0.25, -0.2) is 4.39 Å². The zero-order valence-corrected chi connectivity index (χ0v) is 20.0. The average Bonchev–Trinajstić information content (AvgIpc) is 3.32. The van der Waals surface area contributed by atoms with Gasteiger partial charge in [0.2, 0.25) is 5.82 Å². The molecule has 180 valence electrons. The van der Waals surface area contributed by atoms with Crippen LogP contribution in [0.5, 0.6) is 0 Å². The molecule has 0 amide bonds. The van der Waals surface area contributed by atoms with Crippen LogP contribution in [0.25, 0.3) is 34.0 Å². The number of ether oxygens (including phenoxy) is 1. The van der Waals surface area contributed by atoms with Crippen LogP contribution in [0.15, 0.2) is 53.2 Å². The molecule has 0 aliphatic rings. The van der Waals surface area contributed by atoms with Gasteiger partial charge in [0.15, 0.2) is 0 Å². The van der Waals surface area contributed by atoms with Crippen LogP contribution in [0.2, 0.25) is 5.02 Å². The summed E-state index contributed by atoms with van der Waals surface area (Å²) in [6, 6.07) is 12.3. The summed E-state index contributed by atoms with van der Waals surface area (Å²) in [4.78, 5) is 19.5. The summed E-state index contributed by atoms with van der Waals surface area (Å²) < 4.78 is 25.0. The molecule has 0 spiro atoms. The highest BCUT2D eigenvalue weighted by atomic mass is 35.5. The highest BCUT2D eigenvalue weighted by Crippen LogP contribution is 2.33. The van der Waals surface area contributed by atoms with Gasteiger partial charge in [-0.3, -0.25) is 9.78 Å². The van der Waals surface area contributed by atoms with Gasteiger partial charge in [-0.1, -0.05) is 35.0 Å². The number of halogens is 2. The van der Waals surface area contributed by atoms with Crippen LogP contribution >= 0.6 is 11.6 Å². The van der Waals surface area contributed by atoms with E-state index in [1.807, 2.05) is 24.3 Å². The van der Waals surface area contributed by atoms with Gasteiger partial charge >= 0.3 is 5.97 Å². The van der Waals surface area contributed by atoms with E-state index in [0.29, 0.717) is 58.6 Å². The topological polar surface area (TPSA) is 98.3 Å². The molecule has 0 radical (unpaired) electrons. The van der Waals surface area contributed by atoms with E-state index in [0.717, 1.165) is 16.7 Å². The van der Waals surface area contributed by atoms with Crippen molar-refractivity contribution < 1.29 is 23.6 Å². The summed E-state index contributed by atoms with van der Waals surface area (Å²) in [5.74, 6) is -0.493. The Morgan fingerprint density at radius 1 is 1.17 bits per heavy atom. The van der Waals surface area contributed by atoms with E-state index in [9.17, 15) is 9.18 Å². The molecule has 0 aliphatic heterocycles. The van der Waals surface area contributed by atoms with E-state index < -0.39 is 5.97 Å². The Morgan fingerprint density at radius 3 is 2.74 bits per heavy atom. The molecule has 4 aromatic rings. The largest absolute Gasteiger partial charge is 0.481 e. The van der Waals surface area contributed by atoms with Gasteiger partial charge in [0.1, 0.15) is 5.82 Å². The maximum atomic E-state index is 14.1. The molecule has 1 N–H and O–H groups in total. The Bertz CT molecular complexity index is 1370. The van der Waals surface area contributed by atoms with Gasteiger partial charge in [-0.05, 0) is 66.3 Å². The Balaban J connectivity index is 1.61. The van der Waals surface area contributed by atoms with Gasteiger partial charge in [-0.2, -0.15) is 4.98 Å². The first-order valence-corrected chi connectivity index (χ1v) is 11.3. The zero-order valence-electron chi connectivity index (χ0n) is 19.2. The van der Waals surface area contributed by atoms with Crippen molar-refractivity contribution in [2.24, 2.45) is 0 Å². The number of hydrogen-bond acceptors (Lipinski definition) is 6. The molecule has 0 bridgehead atoms. The van der Waals surface area contributed by atoms with Gasteiger partial charge < -0.3 is 14.4 Å². The van der Waals surface area contributed by atoms with Crippen LogP contribution in [-0.4, -0.2) is 33.3 Å². The second kappa shape index (κ2) is 10.8. The summed E-state index contributed by atoms with van der Waals surface area (Å²) in [7, 11) is 1.60. The molecular formula is C26H23ClFN3O4. The number of methoxy groups -OCH3 is 1. The SMILES string of the molecule is COCc1cc(-c2nc(-c3cnc(CCCC(=O)O)c(Cl)c3)no2)ccc1-c1cccc(F)c1C. The standard InChI is InChI=1S/C26H23ClFN3O4/c1-15-19(5-3-6-22(15)28)20-10-9-16(11-18(20)14-34-2)26-30-25(31-35-26)17-12-21(27)23(29-13-17)7-4-8-24(32)33/h3,5-6,9-13H,4,7-8,14H2,1-2H3,(H,32,33). The molecule has 2 heterocycles. The van der Waals surface area contributed by atoms with E-state index in [2.05, 4.69) is 15.1 Å². The van der Waals surface area contributed by atoms with Crippen LogP contribution in [0.3, 0.4) is 0 Å². The van der Waals surface area contributed by atoms with E-state index in [-0.39, 0.29) is 12.2 Å². The lowest BCUT2D eigenvalue weighted by Crippen LogP contribution is -1.98. The third-order valence-corrected chi connectivity index (χ3v) is 5.94. The van der Waals surface area contributed by atoms with Crippen molar-refractivity contribution in [3.8, 4) is 34.0 Å². The lowest BCUT2D eigenvalue weighted by atomic mass is 9.94. The van der Waals surface area contributed by atoms with Crippen LogP contribution in [0.1, 0.15) is 29.7 Å². The minimum absolute atomic E-state index is 0.0522. The van der Waals surface area contributed by atoms with Crippen LogP contribution in [0, 0.1) is 12.7 Å². The number of benzene rings is 2. The molecule has 35 heavy (non-hydrogen) atoms. The number of carboxylic acid groups (broad SMARTS) is 1. The monoisotopic (exact) mass is 495 g/mol. The fourth-order valence-corrected chi connectivity index (χ4v) is 4.06. The predicted molar refractivity (Wildman–Crippen MR) is 129 cm³/mol. The fourth-order valence-electron chi connectivity index (χ4n) is 3.80. The summed E-state index contributed by atoms with van der Waals surface area (Å²) in [6.45, 7) is 2.07. The Hall–Kier alpha value is -3.62. The van der Waals surface area contributed by atoms with Crippen molar-refractivity contribution in [1.29, 1.82) is 0 Å². The molecule has 2 aromatic heterocycles.